The lowest BCUT2D eigenvalue weighted by atomic mass is 10.1. The van der Waals surface area contributed by atoms with E-state index in [1.54, 1.807) is 0 Å². The minimum atomic E-state index is -1.46. The van der Waals surface area contributed by atoms with Crippen LogP contribution in [0, 0.1) is 11.6 Å². The third-order valence-electron chi connectivity index (χ3n) is 2.14. The Balaban J connectivity index is 2.87. The molecule has 1 aromatic rings. The Morgan fingerprint density at radius 3 is 2.53 bits per heavy atom. The number of benzene rings is 1. The van der Waals surface area contributed by atoms with Crippen LogP contribution in [0.4, 0.5) is 14.5 Å². The topological polar surface area (TPSA) is 78.4 Å². The van der Waals surface area contributed by atoms with Gasteiger partial charge in [0.25, 0.3) is 0 Å². The van der Waals surface area contributed by atoms with Crippen molar-refractivity contribution in [2.45, 2.75) is 0 Å². The van der Waals surface area contributed by atoms with Gasteiger partial charge in [-0.3, -0.25) is 4.79 Å². The molecule has 0 saturated carbocycles. The van der Waals surface area contributed by atoms with Gasteiger partial charge in [-0.1, -0.05) is 6.08 Å². The van der Waals surface area contributed by atoms with Crippen molar-refractivity contribution >= 4 is 17.6 Å². The smallest absolute Gasteiger partial charge is 0.337 e. The van der Waals surface area contributed by atoms with E-state index in [1.165, 1.54) is 6.08 Å². The molecule has 1 rings (SSSR count). The van der Waals surface area contributed by atoms with Crippen LogP contribution in [0.15, 0.2) is 24.8 Å². The van der Waals surface area contributed by atoms with E-state index < -0.39 is 29.1 Å². The molecule has 0 aliphatic carbocycles. The second-order valence-corrected chi connectivity index (χ2v) is 3.58. The summed E-state index contributed by atoms with van der Waals surface area (Å²) in [6.45, 7) is 3.72. The number of hydrogen-bond donors (Lipinski definition) is 3. The van der Waals surface area contributed by atoms with Crippen molar-refractivity contribution in [3.8, 4) is 0 Å². The molecule has 1 aromatic carbocycles. The van der Waals surface area contributed by atoms with Crippen molar-refractivity contribution < 1.29 is 23.5 Å². The highest BCUT2D eigenvalue weighted by molar-refractivity contribution is 6.01. The van der Waals surface area contributed by atoms with Crippen LogP contribution in [0.3, 0.4) is 0 Å². The van der Waals surface area contributed by atoms with Crippen LogP contribution in [0.5, 0.6) is 0 Å². The number of hydrogen-bond acceptors (Lipinski definition) is 3. The van der Waals surface area contributed by atoms with Crippen LogP contribution in [-0.2, 0) is 4.79 Å². The van der Waals surface area contributed by atoms with Gasteiger partial charge in [-0.25, -0.2) is 13.6 Å². The van der Waals surface area contributed by atoms with Gasteiger partial charge in [-0.05, 0) is 6.07 Å². The zero-order valence-electron chi connectivity index (χ0n) is 9.87. The van der Waals surface area contributed by atoms with Gasteiger partial charge in [0, 0.05) is 12.6 Å². The fourth-order valence-corrected chi connectivity index (χ4v) is 1.31. The van der Waals surface area contributed by atoms with E-state index in [4.69, 9.17) is 5.11 Å². The molecule has 0 heterocycles. The average Bonchev–Trinajstić information content (AvgIpc) is 2.33. The summed E-state index contributed by atoms with van der Waals surface area (Å²) in [4.78, 5) is 22.3. The minimum absolute atomic E-state index is 0.107. The largest absolute Gasteiger partial charge is 0.478 e. The molecular formula is C12H12F2N2O3. The van der Waals surface area contributed by atoms with Crippen LogP contribution in [0.1, 0.15) is 10.4 Å². The molecule has 7 heteroatoms. The highest BCUT2D eigenvalue weighted by Gasteiger charge is 2.16. The monoisotopic (exact) mass is 270 g/mol. The van der Waals surface area contributed by atoms with Crippen LogP contribution in [-0.4, -0.2) is 30.1 Å². The number of carboxylic acids is 1. The first-order valence-electron chi connectivity index (χ1n) is 5.29. The minimum Gasteiger partial charge on any atom is -0.478 e. The van der Waals surface area contributed by atoms with Gasteiger partial charge in [0.15, 0.2) is 11.6 Å². The summed E-state index contributed by atoms with van der Waals surface area (Å²) in [5.41, 5.74) is -0.812. The van der Waals surface area contributed by atoms with E-state index in [0.717, 1.165) is 0 Å². The summed E-state index contributed by atoms with van der Waals surface area (Å²) in [7, 11) is 0. The third-order valence-corrected chi connectivity index (χ3v) is 2.14. The number of carbonyl (C=O) groups excluding carboxylic acids is 1. The normalized spacial score (nSPS) is 10.0. The maximum absolute atomic E-state index is 13.0. The van der Waals surface area contributed by atoms with Gasteiger partial charge in [-0.2, -0.15) is 0 Å². The zero-order valence-corrected chi connectivity index (χ0v) is 9.87. The molecule has 0 aromatic heterocycles. The fourth-order valence-electron chi connectivity index (χ4n) is 1.31. The van der Waals surface area contributed by atoms with Gasteiger partial charge in [0.05, 0.1) is 17.8 Å². The molecule has 0 spiro atoms. The Morgan fingerprint density at radius 1 is 1.32 bits per heavy atom. The highest BCUT2D eigenvalue weighted by atomic mass is 19.2. The van der Waals surface area contributed by atoms with E-state index in [0.29, 0.717) is 18.7 Å². The molecule has 0 atom stereocenters. The van der Waals surface area contributed by atoms with Gasteiger partial charge < -0.3 is 15.7 Å². The number of rotatable bonds is 6. The summed E-state index contributed by atoms with van der Waals surface area (Å²) in [5, 5.41) is 13.7. The van der Waals surface area contributed by atoms with E-state index in [9.17, 15) is 18.4 Å². The second-order valence-electron chi connectivity index (χ2n) is 3.58. The number of nitrogens with one attached hydrogen (secondary N) is 2. The van der Waals surface area contributed by atoms with Crippen LogP contribution in [0.2, 0.25) is 0 Å². The predicted octanol–water partition coefficient (Wildman–Crippen LogP) is 1.38. The lowest BCUT2D eigenvalue weighted by Crippen LogP contribution is -2.28. The van der Waals surface area contributed by atoms with Crippen molar-refractivity contribution in [3.05, 3.63) is 42.0 Å². The summed E-state index contributed by atoms with van der Waals surface area (Å²) in [6.07, 6.45) is 1.54. The van der Waals surface area contributed by atoms with E-state index >= 15 is 0 Å². The van der Waals surface area contributed by atoms with Gasteiger partial charge in [-0.15, -0.1) is 6.58 Å². The summed E-state index contributed by atoms with van der Waals surface area (Å²) in [6, 6.07) is 1.15. The van der Waals surface area contributed by atoms with Crippen molar-refractivity contribution in [1.82, 2.24) is 5.32 Å². The van der Waals surface area contributed by atoms with E-state index in [2.05, 4.69) is 17.2 Å². The molecule has 0 aliphatic heterocycles. The Morgan fingerprint density at radius 2 is 1.95 bits per heavy atom. The Labute approximate surface area is 107 Å². The predicted molar refractivity (Wildman–Crippen MR) is 65.0 cm³/mol. The first-order valence-corrected chi connectivity index (χ1v) is 5.29. The number of anilines is 1. The number of halogens is 2. The summed E-state index contributed by atoms with van der Waals surface area (Å²) < 4.78 is 26.0. The van der Waals surface area contributed by atoms with E-state index in [-0.39, 0.29) is 12.2 Å². The number of carboxylic acid groups (broad SMARTS) is 1. The van der Waals surface area contributed by atoms with Gasteiger partial charge >= 0.3 is 5.97 Å². The molecule has 1 amide bonds. The lowest BCUT2D eigenvalue weighted by molar-refractivity contribution is -0.115. The van der Waals surface area contributed by atoms with Gasteiger partial charge in [0.2, 0.25) is 5.91 Å². The second kappa shape index (κ2) is 6.60. The SMILES string of the molecule is C=CCNCC(=O)Nc1cc(F)c(F)cc1C(=O)O. The Kier molecular flexibility index (Phi) is 5.13. The molecule has 0 aliphatic rings. The van der Waals surface area contributed by atoms with Crippen molar-refractivity contribution in [2.75, 3.05) is 18.4 Å². The zero-order chi connectivity index (χ0) is 14.4. The molecule has 0 fully saturated rings. The molecule has 5 nitrogen and oxygen atoms in total. The molecule has 0 radical (unpaired) electrons. The number of aromatic carboxylic acids is 1. The fraction of sp³-hybridized carbons (Fsp3) is 0.167. The molecule has 102 valence electrons. The van der Waals surface area contributed by atoms with Crippen LogP contribution >= 0.6 is 0 Å². The first-order chi connectivity index (χ1) is 8.95. The van der Waals surface area contributed by atoms with Gasteiger partial charge in [0.1, 0.15) is 0 Å². The molecule has 19 heavy (non-hydrogen) atoms. The maximum Gasteiger partial charge on any atom is 0.337 e. The number of carbonyl (C=O) groups is 2. The van der Waals surface area contributed by atoms with Crippen molar-refractivity contribution in [1.29, 1.82) is 0 Å². The average molecular weight is 270 g/mol. The summed E-state index contributed by atoms with van der Waals surface area (Å²) >= 11 is 0. The Bertz CT molecular complexity index is 518. The van der Waals surface area contributed by atoms with E-state index in [1.807, 2.05) is 0 Å². The molecular weight excluding hydrogens is 258 g/mol. The third kappa shape index (κ3) is 4.14. The standard InChI is InChI=1S/C12H12F2N2O3/c1-2-3-15-6-11(17)16-10-5-9(14)8(13)4-7(10)12(18)19/h2,4-5,15H,1,3,6H2,(H,16,17)(H,18,19). The molecule has 0 unspecified atom stereocenters. The van der Waals surface area contributed by atoms with Crippen LogP contribution < -0.4 is 10.6 Å². The molecule has 0 saturated heterocycles. The first kappa shape index (κ1) is 14.8. The lowest BCUT2D eigenvalue weighted by Gasteiger charge is -2.09. The molecule has 3 N–H and O–H groups in total. The highest BCUT2D eigenvalue weighted by Crippen LogP contribution is 2.20. The maximum atomic E-state index is 13.0. The molecule has 0 bridgehead atoms. The van der Waals surface area contributed by atoms with Crippen molar-refractivity contribution in [3.63, 3.8) is 0 Å². The summed E-state index contributed by atoms with van der Waals surface area (Å²) in [5.74, 6) is -4.57. The quantitative estimate of drug-likeness (QED) is 0.539. The number of amides is 1. The van der Waals surface area contributed by atoms with Crippen molar-refractivity contribution in [2.24, 2.45) is 0 Å². The van der Waals surface area contributed by atoms with Crippen LogP contribution in [0.25, 0.3) is 0 Å². The Hall–Kier alpha value is -2.28.